The molecule has 1 fully saturated rings. The zero-order valence-corrected chi connectivity index (χ0v) is 22.9. The summed E-state index contributed by atoms with van der Waals surface area (Å²) in [7, 11) is 1.84. The van der Waals surface area contributed by atoms with Gasteiger partial charge in [-0.1, -0.05) is 40.2 Å². The van der Waals surface area contributed by atoms with E-state index in [0.29, 0.717) is 34.4 Å². The molecule has 5 rings (SSSR count). The van der Waals surface area contributed by atoms with E-state index < -0.39 is 11.8 Å². The molecule has 1 N–H and O–H groups in total. The van der Waals surface area contributed by atoms with Gasteiger partial charge in [0.15, 0.2) is 5.11 Å². The van der Waals surface area contributed by atoms with Crippen LogP contribution in [0.4, 0.5) is 5.69 Å². The summed E-state index contributed by atoms with van der Waals surface area (Å²) < 4.78 is 14.7. The van der Waals surface area contributed by atoms with Crippen molar-refractivity contribution < 1.29 is 19.1 Å². The first-order valence-electron chi connectivity index (χ1n) is 11.6. The van der Waals surface area contributed by atoms with Gasteiger partial charge in [-0.2, -0.15) is 0 Å². The van der Waals surface area contributed by atoms with E-state index in [0.717, 1.165) is 10.0 Å². The van der Waals surface area contributed by atoms with Crippen LogP contribution in [0.1, 0.15) is 11.1 Å². The molecule has 4 aromatic rings. The summed E-state index contributed by atoms with van der Waals surface area (Å²) in [6.45, 7) is 1.89. The number of rotatable bonds is 6. The monoisotopic (exact) mass is 587 g/mol. The Bertz CT molecular complexity index is 1580. The third-order valence-corrected chi connectivity index (χ3v) is 6.62. The molecule has 2 heterocycles. The molecular formula is C29H22BrN3O4S. The molecular weight excluding hydrogens is 566 g/mol. The molecule has 38 heavy (non-hydrogen) atoms. The summed E-state index contributed by atoms with van der Waals surface area (Å²) in [5.41, 5.74) is 1.90. The highest BCUT2D eigenvalue weighted by Gasteiger charge is 2.35. The molecule has 0 atom stereocenters. The number of aromatic nitrogens is 1. The number of hydrogen-bond acceptors (Lipinski definition) is 5. The summed E-state index contributed by atoms with van der Waals surface area (Å²) in [6.07, 6.45) is 3.42. The van der Waals surface area contributed by atoms with Crippen molar-refractivity contribution in [2.45, 2.75) is 6.92 Å². The lowest BCUT2D eigenvalue weighted by Crippen LogP contribution is -2.54. The van der Waals surface area contributed by atoms with Gasteiger partial charge >= 0.3 is 0 Å². The van der Waals surface area contributed by atoms with Gasteiger partial charge in [0.25, 0.3) is 11.8 Å². The van der Waals surface area contributed by atoms with Gasteiger partial charge in [-0.15, -0.1) is 0 Å². The minimum atomic E-state index is -0.572. The average molecular weight is 588 g/mol. The SMILES string of the molecule is Cc1cn(C)c(Oc2cccc(Br)c2)c1C=C1C(=O)NC(=S)N(c2ccc(Oc3ccccc3)cc2)C1=O. The molecule has 190 valence electrons. The van der Waals surface area contributed by atoms with Crippen LogP contribution in [0.3, 0.4) is 0 Å². The molecule has 1 aromatic heterocycles. The maximum Gasteiger partial charge on any atom is 0.270 e. The summed E-state index contributed by atoms with van der Waals surface area (Å²) in [5, 5.41) is 2.63. The van der Waals surface area contributed by atoms with Crippen molar-refractivity contribution >= 4 is 56.8 Å². The number of anilines is 1. The second-order valence-corrected chi connectivity index (χ2v) is 9.87. The fourth-order valence-electron chi connectivity index (χ4n) is 4.05. The van der Waals surface area contributed by atoms with Crippen molar-refractivity contribution in [3.05, 3.63) is 106 Å². The van der Waals surface area contributed by atoms with E-state index in [4.69, 9.17) is 21.7 Å². The van der Waals surface area contributed by atoms with Gasteiger partial charge in [-0.05, 0) is 85.4 Å². The van der Waals surface area contributed by atoms with Gasteiger partial charge in [0.1, 0.15) is 22.8 Å². The van der Waals surface area contributed by atoms with Crippen LogP contribution in [0, 0.1) is 6.92 Å². The Morgan fingerprint density at radius 1 is 0.895 bits per heavy atom. The quantitative estimate of drug-likeness (QED) is 0.158. The van der Waals surface area contributed by atoms with Gasteiger partial charge in [0.05, 0.1) is 5.69 Å². The van der Waals surface area contributed by atoms with Crippen LogP contribution in [0.5, 0.6) is 23.1 Å². The molecule has 1 aliphatic heterocycles. The van der Waals surface area contributed by atoms with Crippen LogP contribution in [0.15, 0.2) is 95.1 Å². The maximum absolute atomic E-state index is 13.6. The van der Waals surface area contributed by atoms with Crippen molar-refractivity contribution in [2.24, 2.45) is 7.05 Å². The Morgan fingerprint density at radius 2 is 1.58 bits per heavy atom. The van der Waals surface area contributed by atoms with Crippen molar-refractivity contribution in [2.75, 3.05) is 4.90 Å². The van der Waals surface area contributed by atoms with E-state index in [1.54, 1.807) is 30.3 Å². The first-order valence-corrected chi connectivity index (χ1v) is 12.8. The maximum atomic E-state index is 13.6. The molecule has 1 saturated heterocycles. The smallest absolute Gasteiger partial charge is 0.270 e. The number of benzene rings is 3. The zero-order chi connectivity index (χ0) is 26.8. The summed E-state index contributed by atoms with van der Waals surface area (Å²) >= 11 is 8.80. The molecule has 7 nitrogen and oxygen atoms in total. The van der Waals surface area contributed by atoms with Crippen molar-refractivity contribution in [3.8, 4) is 23.1 Å². The minimum Gasteiger partial charge on any atom is -0.457 e. The highest BCUT2D eigenvalue weighted by atomic mass is 79.9. The van der Waals surface area contributed by atoms with Crippen LogP contribution in [0.25, 0.3) is 6.08 Å². The third kappa shape index (κ3) is 5.25. The van der Waals surface area contributed by atoms with Crippen LogP contribution in [-0.2, 0) is 16.6 Å². The Balaban J connectivity index is 1.45. The molecule has 0 aliphatic carbocycles. The Labute approximate surface area is 233 Å². The molecule has 0 unspecified atom stereocenters. The molecule has 0 spiro atoms. The third-order valence-electron chi connectivity index (χ3n) is 5.84. The fourth-order valence-corrected chi connectivity index (χ4v) is 4.71. The number of carbonyl (C=O) groups is 2. The van der Waals surface area contributed by atoms with Crippen LogP contribution >= 0.6 is 28.1 Å². The topological polar surface area (TPSA) is 72.8 Å². The minimum absolute atomic E-state index is 0.00395. The second-order valence-electron chi connectivity index (χ2n) is 8.57. The molecule has 3 aromatic carbocycles. The average Bonchev–Trinajstić information content (AvgIpc) is 3.15. The van der Waals surface area contributed by atoms with E-state index in [1.807, 2.05) is 79.3 Å². The van der Waals surface area contributed by atoms with Gasteiger partial charge < -0.3 is 14.0 Å². The summed E-state index contributed by atoms with van der Waals surface area (Å²) in [5.74, 6) is 1.30. The Morgan fingerprint density at radius 3 is 2.29 bits per heavy atom. The van der Waals surface area contributed by atoms with Gasteiger partial charge in [0, 0.05) is 23.3 Å². The van der Waals surface area contributed by atoms with Crippen molar-refractivity contribution in [1.29, 1.82) is 0 Å². The molecule has 0 radical (unpaired) electrons. The van der Waals surface area contributed by atoms with Gasteiger partial charge in [0.2, 0.25) is 5.88 Å². The highest BCUT2D eigenvalue weighted by Crippen LogP contribution is 2.33. The number of carbonyl (C=O) groups excluding carboxylic acids is 2. The first kappa shape index (κ1) is 25.4. The van der Waals surface area contributed by atoms with Gasteiger partial charge in [-0.3, -0.25) is 19.8 Å². The number of nitrogens with one attached hydrogen (secondary N) is 1. The summed E-state index contributed by atoms with van der Waals surface area (Å²) in [6, 6.07) is 23.7. The van der Waals surface area contributed by atoms with Gasteiger partial charge in [-0.25, -0.2) is 0 Å². The highest BCUT2D eigenvalue weighted by molar-refractivity contribution is 9.10. The van der Waals surface area contributed by atoms with E-state index in [1.165, 1.54) is 4.90 Å². The molecule has 1 aliphatic rings. The number of hydrogen-bond donors (Lipinski definition) is 1. The van der Waals surface area contributed by atoms with Crippen LogP contribution < -0.4 is 19.7 Å². The van der Waals surface area contributed by atoms with Crippen molar-refractivity contribution in [3.63, 3.8) is 0 Å². The fraction of sp³-hybridized carbons (Fsp3) is 0.0690. The van der Waals surface area contributed by atoms with E-state index in [-0.39, 0.29) is 10.7 Å². The number of aryl methyl sites for hydroxylation is 2. The second kappa shape index (κ2) is 10.6. The van der Waals surface area contributed by atoms with Crippen LogP contribution in [-0.4, -0.2) is 21.5 Å². The Kier molecular flexibility index (Phi) is 7.13. The van der Waals surface area contributed by atoms with E-state index >= 15 is 0 Å². The number of nitrogens with zero attached hydrogens (tertiary/aromatic N) is 2. The molecule has 2 amide bonds. The van der Waals surface area contributed by atoms with Crippen LogP contribution in [0.2, 0.25) is 0 Å². The summed E-state index contributed by atoms with van der Waals surface area (Å²) in [4.78, 5) is 27.8. The molecule has 9 heteroatoms. The predicted octanol–water partition coefficient (Wildman–Crippen LogP) is 6.51. The predicted molar refractivity (Wildman–Crippen MR) is 154 cm³/mol. The lowest BCUT2D eigenvalue weighted by Gasteiger charge is -2.29. The first-order chi connectivity index (χ1) is 18.3. The standard InChI is InChI=1S/C29H22BrN3O4S/c1-18-17-32(2)28(37-23-10-6-7-19(30)15-23)24(18)16-25-26(34)31-29(38)33(27(25)35)20-11-13-22(14-12-20)36-21-8-4-3-5-9-21/h3-17H,1-2H3,(H,31,34,38). The number of halogens is 1. The van der Waals surface area contributed by atoms with Crippen molar-refractivity contribution in [1.82, 2.24) is 9.88 Å². The Hall–Kier alpha value is -4.21. The molecule has 0 saturated carbocycles. The number of thiocarbonyl (C=S) groups is 1. The lowest BCUT2D eigenvalue weighted by molar-refractivity contribution is -0.122. The number of amides is 2. The van der Waals surface area contributed by atoms with E-state index in [9.17, 15) is 9.59 Å². The largest absolute Gasteiger partial charge is 0.457 e. The number of para-hydroxylation sites is 1. The number of ether oxygens (including phenoxy) is 2. The molecule has 0 bridgehead atoms. The lowest BCUT2D eigenvalue weighted by atomic mass is 10.1. The van der Waals surface area contributed by atoms with E-state index in [2.05, 4.69) is 21.2 Å². The zero-order valence-electron chi connectivity index (χ0n) is 20.5. The normalized spacial score (nSPS) is 14.6.